The third-order valence-electron chi connectivity index (χ3n) is 5.07. The third-order valence-corrected chi connectivity index (χ3v) is 5.27. The first-order valence-corrected chi connectivity index (χ1v) is 10.2. The third kappa shape index (κ3) is 5.32. The minimum absolute atomic E-state index is 0.104. The molecule has 2 amide bonds. The Kier molecular flexibility index (Phi) is 6.82. The van der Waals surface area contributed by atoms with Crippen molar-refractivity contribution in [1.29, 1.82) is 0 Å². The van der Waals surface area contributed by atoms with Crippen LogP contribution in [0, 0.1) is 0 Å². The SMILES string of the molecule is CCc1ccc(C(=O)NC(=S)Nc2ccccc2N2CCN(C(C)=O)CC2)cc1. The summed E-state index contributed by atoms with van der Waals surface area (Å²) >= 11 is 5.36. The lowest BCUT2D eigenvalue weighted by molar-refractivity contribution is -0.129. The minimum Gasteiger partial charge on any atom is -0.366 e. The van der Waals surface area contributed by atoms with Gasteiger partial charge in [0.1, 0.15) is 0 Å². The second kappa shape index (κ2) is 9.52. The number of anilines is 2. The van der Waals surface area contributed by atoms with E-state index in [1.807, 2.05) is 41.3 Å². The number of nitrogens with zero attached hydrogens (tertiary/aromatic N) is 2. The quantitative estimate of drug-likeness (QED) is 0.759. The Morgan fingerprint density at radius 1 is 1.00 bits per heavy atom. The number of nitrogens with one attached hydrogen (secondary N) is 2. The second-order valence-electron chi connectivity index (χ2n) is 6.97. The Balaban J connectivity index is 1.63. The van der Waals surface area contributed by atoms with Crippen LogP contribution in [0.3, 0.4) is 0 Å². The summed E-state index contributed by atoms with van der Waals surface area (Å²) in [5.74, 6) is -0.135. The zero-order valence-electron chi connectivity index (χ0n) is 16.8. The van der Waals surface area contributed by atoms with Gasteiger partial charge in [0.2, 0.25) is 5.91 Å². The summed E-state index contributed by atoms with van der Waals surface area (Å²) < 4.78 is 0. The number of aryl methyl sites for hydroxylation is 1. The molecule has 7 heteroatoms. The molecule has 0 unspecified atom stereocenters. The molecule has 2 N–H and O–H groups in total. The first-order chi connectivity index (χ1) is 14.0. The number of amides is 2. The largest absolute Gasteiger partial charge is 0.366 e. The first kappa shape index (κ1) is 20.8. The van der Waals surface area contributed by atoms with Gasteiger partial charge in [-0.15, -0.1) is 0 Å². The number of carbonyl (C=O) groups excluding carboxylic acids is 2. The number of thiocarbonyl (C=S) groups is 1. The lowest BCUT2D eigenvalue weighted by Crippen LogP contribution is -2.48. The van der Waals surface area contributed by atoms with Crippen LogP contribution in [0.1, 0.15) is 29.8 Å². The number of benzene rings is 2. The number of hydrogen-bond donors (Lipinski definition) is 2. The average Bonchev–Trinajstić information content (AvgIpc) is 2.74. The van der Waals surface area contributed by atoms with Crippen LogP contribution in [0.15, 0.2) is 48.5 Å². The van der Waals surface area contributed by atoms with Crippen molar-refractivity contribution in [1.82, 2.24) is 10.2 Å². The van der Waals surface area contributed by atoms with E-state index >= 15 is 0 Å². The van der Waals surface area contributed by atoms with E-state index in [0.717, 1.165) is 30.9 Å². The molecule has 1 heterocycles. The van der Waals surface area contributed by atoms with Crippen molar-refractivity contribution in [3.8, 4) is 0 Å². The molecule has 6 nitrogen and oxygen atoms in total. The van der Waals surface area contributed by atoms with Crippen molar-refractivity contribution >= 4 is 40.5 Å². The van der Waals surface area contributed by atoms with E-state index < -0.39 is 0 Å². The molecule has 0 bridgehead atoms. The molecule has 0 aliphatic carbocycles. The van der Waals surface area contributed by atoms with Gasteiger partial charge in [0.25, 0.3) is 5.91 Å². The highest BCUT2D eigenvalue weighted by atomic mass is 32.1. The van der Waals surface area contributed by atoms with Gasteiger partial charge in [-0.25, -0.2) is 0 Å². The van der Waals surface area contributed by atoms with E-state index in [1.54, 1.807) is 19.1 Å². The lowest BCUT2D eigenvalue weighted by atomic mass is 10.1. The highest BCUT2D eigenvalue weighted by Crippen LogP contribution is 2.26. The monoisotopic (exact) mass is 410 g/mol. The Bertz CT molecular complexity index is 890. The van der Waals surface area contributed by atoms with E-state index in [1.165, 1.54) is 5.56 Å². The maximum Gasteiger partial charge on any atom is 0.257 e. The highest BCUT2D eigenvalue weighted by Gasteiger charge is 2.20. The summed E-state index contributed by atoms with van der Waals surface area (Å²) in [6.45, 7) is 6.56. The molecule has 0 radical (unpaired) electrons. The molecule has 0 aromatic heterocycles. The van der Waals surface area contributed by atoms with Crippen LogP contribution in [0.5, 0.6) is 0 Å². The van der Waals surface area contributed by atoms with E-state index in [4.69, 9.17) is 12.2 Å². The molecule has 2 aromatic rings. The Morgan fingerprint density at radius 2 is 1.66 bits per heavy atom. The number of hydrogen-bond acceptors (Lipinski definition) is 4. The van der Waals surface area contributed by atoms with Gasteiger partial charge in [-0.1, -0.05) is 31.2 Å². The molecule has 0 saturated carbocycles. The first-order valence-electron chi connectivity index (χ1n) is 9.78. The molecule has 2 aromatic carbocycles. The van der Waals surface area contributed by atoms with Crippen molar-refractivity contribution in [3.63, 3.8) is 0 Å². The molecule has 152 valence electrons. The van der Waals surface area contributed by atoms with Gasteiger partial charge >= 0.3 is 0 Å². The van der Waals surface area contributed by atoms with Crippen LogP contribution in [0.25, 0.3) is 0 Å². The normalized spacial score (nSPS) is 13.7. The van der Waals surface area contributed by atoms with Gasteiger partial charge in [-0.05, 0) is 48.5 Å². The number of piperazine rings is 1. The molecule has 0 atom stereocenters. The predicted molar refractivity (Wildman–Crippen MR) is 120 cm³/mol. The summed E-state index contributed by atoms with van der Waals surface area (Å²) in [4.78, 5) is 28.1. The molecular formula is C22H26N4O2S. The molecular weight excluding hydrogens is 384 g/mol. The van der Waals surface area contributed by atoms with Crippen molar-refractivity contribution in [2.45, 2.75) is 20.3 Å². The van der Waals surface area contributed by atoms with Gasteiger partial charge in [-0.2, -0.15) is 0 Å². The number of carbonyl (C=O) groups is 2. The van der Waals surface area contributed by atoms with Gasteiger partial charge in [-0.3, -0.25) is 14.9 Å². The van der Waals surface area contributed by atoms with Crippen LogP contribution >= 0.6 is 12.2 Å². The van der Waals surface area contributed by atoms with Crippen LogP contribution in [-0.2, 0) is 11.2 Å². The Labute approximate surface area is 176 Å². The van der Waals surface area contributed by atoms with E-state index in [-0.39, 0.29) is 16.9 Å². The molecule has 29 heavy (non-hydrogen) atoms. The summed E-state index contributed by atoms with van der Waals surface area (Å²) in [5, 5.41) is 6.14. The van der Waals surface area contributed by atoms with Gasteiger partial charge in [0.05, 0.1) is 11.4 Å². The Hall–Kier alpha value is -2.93. The van der Waals surface area contributed by atoms with Crippen molar-refractivity contribution in [2.24, 2.45) is 0 Å². The van der Waals surface area contributed by atoms with Gasteiger partial charge < -0.3 is 15.1 Å². The van der Waals surface area contributed by atoms with Crippen molar-refractivity contribution in [3.05, 3.63) is 59.7 Å². The van der Waals surface area contributed by atoms with Crippen LogP contribution in [0.4, 0.5) is 11.4 Å². The summed E-state index contributed by atoms with van der Waals surface area (Å²) in [6, 6.07) is 15.3. The summed E-state index contributed by atoms with van der Waals surface area (Å²) in [7, 11) is 0. The zero-order chi connectivity index (χ0) is 20.8. The maximum atomic E-state index is 12.4. The van der Waals surface area contributed by atoms with Crippen LogP contribution in [0.2, 0.25) is 0 Å². The number of rotatable bonds is 4. The molecule has 1 aliphatic rings. The van der Waals surface area contributed by atoms with Gasteiger partial charge in [0, 0.05) is 38.7 Å². The van der Waals surface area contributed by atoms with Crippen molar-refractivity contribution in [2.75, 3.05) is 36.4 Å². The second-order valence-corrected chi connectivity index (χ2v) is 7.38. The topological polar surface area (TPSA) is 64.7 Å². The maximum absolute atomic E-state index is 12.4. The standard InChI is InChI=1S/C22H26N4O2S/c1-3-17-8-10-18(11-9-17)21(28)24-22(29)23-19-6-4-5-7-20(19)26-14-12-25(13-15-26)16(2)27/h4-11H,3,12-15H2,1-2H3,(H2,23,24,28,29). The fraction of sp³-hybridized carbons (Fsp3) is 0.318. The van der Waals surface area contributed by atoms with Gasteiger partial charge in [0.15, 0.2) is 5.11 Å². The summed E-state index contributed by atoms with van der Waals surface area (Å²) in [6.07, 6.45) is 0.930. The minimum atomic E-state index is -0.238. The van der Waals surface area contributed by atoms with Crippen LogP contribution < -0.4 is 15.5 Å². The molecule has 1 aliphatic heterocycles. The molecule has 1 saturated heterocycles. The summed E-state index contributed by atoms with van der Waals surface area (Å²) in [5.41, 5.74) is 3.58. The predicted octanol–water partition coefficient (Wildman–Crippen LogP) is 3.04. The Morgan fingerprint density at radius 3 is 2.28 bits per heavy atom. The molecule has 1 fully saturated rings. The zero-order valence-corrected chi connectivity index (χ0v) is 17.6. The number of para-hydroxylation sites is 2. The van der Waals surface area contributed by atoms with E-state index in [2.05, 4.69) is 22.5 Å². The fourth-order valence-corrected chi connectivity index (χ4v) is 3.54. The molecule has 3 rings (SSSR count). The highest BCUT2D eigenvalue weighted by molar-refractivity contribution is 7.80. The fourth-order valence-electron chi connectivity index (χ4n) is 3.34. The smallest absolute Gasteiger partial charge is 0.257 e. The average molecular weight is 411 g/mol. The van der Waals surface area contributed by atoms with E-state index in [9.17, 15) is 9.59 Å². The van der Waals surface area contributed by atoms with E-state index in [0.29, 0.717) is 18.7 Å². The van der Waals surface area contributed by atoms with Crippen LogP contribution in [-0.4, -0.2) is 48.0 Å². The molecule has 0 spiro atoms. The van der Waals surface area contributed by atoms with Crippen molar-refractivity contribution < 1.29 is 9.59 Å². The lowest BCUT2D eigenvalue weighted by Gasteiger charge is -2.36.